The van der Waals surface area contributed by atoms with Crippen LogP contribution in [0.2, 0.25) is 0 Å². The molecule has 0 fully saturated rings. The molecule has 10 heteroatoms. The minimum atomic E-state index is -3.72. The minimum Gasteiger partial charge on any atom is -0.507 e. The normalized spacial score (nSPS) is 12.3. The maximum atomic E-state index is 12.2. The number of carbonyl (C=O) groups excluding carboxylic acids is 1. The van der Waals surface area contributed by atoms with Gasteiger partial charge in [0.15, 0.2) is 4.80 Å². The topological polar surface area (TPSA) is 101 Å². The Morgan fingerprint density at radius 2 is 2.04 bits per heavy atom. The van der Waals surface area contributed by atoms with Gasteiger partial charge < -0.3 is 9.67 Å². The van der Waals surface area contributed by atoms with Gasteiger partial charge in [-0.2, -0.15) is 4.99 Å². The molecule has 0 aliphatic heterocycles. The molecule has 1 amide bonds. The molecule has 25 heavy (non-hydrogen) atoms. The summed E-state index contributed by atoms with van der Waals surface area (Å²) in [7, 11) is -1.96. The van der Waals surface area contributed by atoms with Crippen LogP contribution in [0.4, 0.5) is 5.69 Å². The number of amides is 1. The number of nitrogens with one attached hydrogen (secondary N) is 1. The van der Waals surface area contributed by atoms with Gasteiger partial charge in [0, 0.05) is 24.7 Å². The molecule has 7 nitrogen and oxygen atoms in total. The molecule has 0 aliphatic rings. The Morgan fingerprint density at radius 3 is 2.64 bits per heavy atom. The number of phenolic OH excluding ortho intramolecular Hbond substituents is 1. The Kier molecular flexibility index (Phi) is 4.75. The lowest BCUT2D eigenvalue weighted by atomic mass is 10.2. The highest BCUT2D eigenvalue weighted by molar-refractivity contribution is 7.94. The number of anilines is 1. The van der Waals surface area contributed by atoms with Crippen LogP contribution in [0.1, 0.15) is 10.4 Å². The summed E-state index contributed by atoms with van der Waals surface area (Å²) in [5.74, 6) is -0.956. The number of rotatable bonds is 4. The largest absolute Gasteiger partial charge is 0.507 e. The van der Waals surface area contributed by atoms with Crippen molar-refractivity contribution >= 4 is 44.3 Å². The predicted molar refractivity (Wildman–Crippen MR) is 96.4 cm³/mol. The Morgan fingerprint density at radius 1 is 1.24 bits per heavy atom. The fourth-order valence-electron chi connectivity index (χ4n) is 1.98. The lowest BCUT2D eigenvalue weighted by Gasteiger charge is -2.08. The number of aromatic hydroxyl groups is 1. The first kappa shape index (κ1) is 17.4. The Labute approximate surface area is 151 Å². The number of phenols is 1. The second-order valence-electron chi connectivity index (χ2n) is 4.98. The average molecular weight is 395 g/mol. The van der Waals surface area contributed by atoms with Crippen LogP contribution in [0.3, 0.4) is 0 Å². The molecule has 2 aromatic heterocycles. The number of hydrogen-bond donors (Lipinski definition) is 2. The summed E-state index contributed by atoms with van der Waals surface area (Å²) in [6.45, 7) is 0. The van der Waals surface area contributed by atoms with E-state index >= 15 is 0 Å². The number of benzene rings is 1. The van der Waals surface area contributed by atoms with Gasteiger partial charge in [-0.15, -0.1) is 22.7 Å². The van der Waals surface area contributed by atoms with E-state index in [1.165, 1.54) is 35.6 Å². The number of carbonyl (C=O) groups is 1. The fourth-order valence-corrected chi connectivity index (χ4v) is 4.75. The summed E-state index contributed by atoms with van der Waals surface area (Å²) in [6, 6.07) is 7.03. The fraction of sp³-hybridized carbons (Fsp3) is 0.0667. The van der Waals surface area contributed by atoms with E-state index in [1.54, 1.807) is 34.6 Å². The molecule has 130 valence electrons. The van der Waals surface area contributed by atoms with E-state index in [2.05, 4.69) is 9.71 Å². The lowest BCUT2D eigenvalue weighted by Crippen LogP contribution is -2.13. The summed E-state index contributed by atoms with van der Waals surface area (Å²) >= 11 is 2.37. The number of nitrogens with zero attached hydrogens (tertiary/aromatic N) is 2. The third-order valence-corrected chi connectivity index (χ3v) is 6.82. The second-order valence-corrected chi connectivity index (χ2v) is 8.71. The zero-order valence-electron chi connectivity index (χ0n) is 12.9. The smallest absolute Gasteiger partial charge is 0.283 e. The van der Waals surface area contributed by atoms with Crippen molar-refractivity contribution in [2.45, 2.75) is 4.21 Å². The molecule has 0 unspecified atom stereocenters. The minimum absolute atomic E-state index is 0.00697. The van der Waals surface area contributed by atoms with Crippen molar-refractivity contribution < 1.29 is 18.3 Å². The van der Waals surface area contributed by atoms with Gasteiger partial charge in [-0.25, -0.2) is 8.42 Å². The molecule has 1 aromatic carbocycles. The Hall–Kier alpha value is -2.43. The lowest BCUT2D eigenvalue weighted by molar-refractivity contribution is 0.0995. The molecule has 2 heterocycles. The summed E-state index contributed by atoms with van der Waals surface area (Å²) in [5, 5.41) is 13.5. The highest BCUT2D eigenvalue weighted by atomic mass is 32.2. The highest BCUT2D eigenvalue weighted by Crippen LogP contribution is 2.26. The van der Waals surface area contributed by atoms with Crippen molar-refractivity contribution in [1.82, 2.24) is 4.57 Å². The van der Waals surface area contributed by atoms with Crippen LogP contribution >= 0.6 is 22.7 Å². The van der Waals surface area contributed by atoms with Crippen molar-refractivity contribution in [3.05, 3.63) is 57.7 Å². The number of thiazole rings is 1. The second kappa shape index (κ2) is 6.82. The van der Waals surface area contributed by atoms with Crippen molar-refractivity contribution in [3.8, 4) is 5.75 Å². The van der Waals surface area contributed by atoms with Gasteiger partial charge in [0.25, 0.3) is 15.9 Å². The van der Waals surface area contributed by atoms with E-state index in [-0.39, 0.29) is 21.2 Å². The van der Waals surface area contributed by atoms with Crippen LogP contribution in [0.25, 0.3) is 0 Å². The van der Waals surface area contributed by atoms with Crippen LogP contribution in [0.15, 0.2) is 56.5 Å². The molecular weight excluding hydrogens is 382 g/mol. The standard InChI is InChI=1S/C15H13N3O4S3/c1-18-6-8-24-15(18)16-14(20)11-5-4-10(9-12(11)19)17-25(21,22)13-3-2-7-23-13/h2-9,17,19H,1H3. The average Bonchev–Trinajstić information content (AvgIpc) is 3.20. The Balaban J connectivity index is 1.87. The van der Waals surface area contributed by atoms with Gasteiger partial charge in [0.1, 0.15) is 9.96 Å². The Bertz CT molecular complexity index is 1080. The summed E-state index contributed by atoms with van der Waals surface area (Å²) in [5.41, 5.74) is 0.150. The molecule has 3 aromatic rings. The summed E-state index contributed by atoms with van der Waals surface area (Å²) in [6.07, 6.45) is 1.76. The first-order valence-electron chi connectivity index (χ1n) is 6.95. The molecular formula is C15H13N3O4S3. The van der Waals surface area contributed by atoms with Crippen molar-refractivity contribution in [3.63, 3.8) is 0 Å². The highest BCUT2D eigenvalue weighted by Gasteiger charge is 2.17. The molecule has 0 radical (unpaired) electrons. The van der Waals surface area contributed by atoms with Crippen LogP contribution in [-0.4, -0.2) is 24.0 Å². The molecule has 0 bridgehead atoms. The van der Waals surface area contributed by atoms with E-state index in [1.807, 2.05) is 0 Å². The van der Waals surface area contributed by atoms with Gasteiger partial charge in [0.05, 0.1) is 11.3 Å². The molecule has 0 atom stereocenters. The third kappa shape index (κ3) is 3.81. The van der Waals surface area contributed by atoms with Gasteiger partial charge in [-0.3, -0.25) is 9.52 Å². The number of thiophene rings is 1. The van der Waals surface area contributed by atoms with E-state index in [0.717, 1.165) is 11.3 Å². The molecule has 0 aliphatic carbocycles. The van der Waals surface area contributed by atoms with Gasteiger partial charge in [0.2, 0.25) is 0 Å². The van der Waals surface area contributed by atoms with E-state index in [0.29, 0.717) is 4.80 Å². The van der Waals surface area contributed by atoms with Crippen LogP contribution in [-0.2, 0) is 17.1 Å². The SMILES string of the molecule is Cn1ccsc1=NC(=O)c1ccc(NS(=O)(=O)c2cccs2)cc1O. The van der Waals surface area contributed by atoms with E-state index in [9.17, 15) is 18.3 Å². The molecule has 3 rings (SSSR count). The van der Waals surface area contributed by atoms with Gasteiger partial charge >= 0.3 is 0 Å². The number of sulfonamides is 1. The monoisotopic (exact) mass is 395 g/mol. The van der Waals surface area contributed by atoms with Crippen LogP contribution < -0.4 is 9.52 Å². The maximum Gasteiger partial charge on any atom is 0.283 e. The van der Waals surface area contributed by atoms with E-state index in [4.69, 9.17) is 0 Å². The van der Waals surface area contributed by atoms with E-state index < -0.39 is 15.9 Å². The molecule has 0 spiro atoms. The third-order valence-electron chi connectivity index (χ3n) is 3.20. The predicted octanol–water partition coefficient (Wildman–Crippen LogP) is 2.40. The zero-order valence-corrected chi connectivity index (χ0v) is 15.4. The first-order valence-corrected chi connectivity index (χ1v) is 10.2. The number of aromatic nitrogens is 1. The summed E-state index contributed by atoms with van der Waals surface area (Å²) in [4.78, 5) is 16.6. The zero-order chi connectivity index (χ0) is 18.0. The van der Waals surface area contributed by atoms with Crippen molar-refractivity contribution in [2.24, 2.45) is 12.0 Å². The van der Waals surface area contributed by atoms with Crippen molar-refractivity contribution in [2.75, 3.05) is 4.72 Å². The number of aryl methyl sites for hydroxylation is 1. The van der Waals surface area contributed by atoms with Gasteiger partial charge in [-0.05, 0) is 23.6 Å². The maximum absolute atomic E-state index is 12.2. The van der Waals surface area contributed by atoms with Crippen LogP contribution in [0.5, 0.6) is 5.75 Å². The van der Waals surface area contributed by atoms with Crippen LogP contribution in [0, 0.1) is 0 Å². The molecule has 0 saturated carbocycles. The summed E-state index contributed by atoms with van der Waals surface area (Å²) < 4.78 is 28.5. The van der Waals surface area contributed by atoms with Gasteiger partial charge in [-0.1, -0.05) is 6.07 Å². The number of hydrogen-bond acceptors (Lipinski definition) is 6. The first-order chi connectivity index (χ1) is 11.9. The van der Waals surface area contributed by atoms with Crippen molar-refractivity contribution in [1.29, 1.82) is 0 Å². The quantitative estimate of drug-likeness (QED) is 0.708. The molecule has 0 saturated heterocycles. The molecule has 2 N–H and O–H groups in total.